The van der Waals surface area contributed by atoms with Crippen LogP contribution >= 0.6 is 0 Å². The lowest BCUT2D eigenvalue weighted by Crippen LogP contribution is -2.45. The molecule has 1 aliphatic rings. The topological polar surface area (TPSA) is 88.2 Å². The van der Waals surface area contributed by atoms with Crippen LogP contribution in [0.3, 0.4) is 0 Å². The molecule has 8 nitrogen and oxygen atoms in total. The van der Waals surface area contributed by atoms with Crippen LogP contribution in [-0.2, 0) is 21.5 Å². The highest BCUT2D eigenvalue weighted by molar-refractivity contribution is 7.90. The molecule has 1 N–H and O–H groups in total. The maximum atomic E-state index is 13.2. The van der Waals surface area contributed by atoms with E-state index in [0.29, 0.717) is 11.5 Å². The van der Waals surface area contributed by atoms with Gasteiger partial charge in [0.1, 0.15) is 12.4 Å². The van der Waals surface area contributed by atoms with Crippen molar-refractivity contribution in [2.24, 2.45) is 0 Å². The molecule has 0 aromatic heterocycles. The second-order valence-electron chi connectivity index (χ2n) is 6.24. The van der Waals surface area contributed by atoms with Crippen LogP contribution in [0.4, 0.5) is 10.1 Å². The van der Waals surface area contributed by atoms with Gasteiger partial charge in [-0.15, -0.1) is 0 Å². The van der Waals surface area contributed by atoms with E-state index in [1.54, 1.807) is 18.2 Å². The molecule has 28 heavy (non-hydrogen) atoms. The number of nitrogens with zero attached hydrogens (tertiary/aromatic N) is 2. The van der Waals surface area contributed by atoms with E-state index in [1.807, 2.05) is 0 Å². The first-order chi connectivity index (χ1) is 13.3. The van der Waals surface area contributed by atoms with Crippen molar-refractivity contribution in [3.8, 4) is 11.5 Å². The third-order valence-electron chi connectivity index (χ3n) is 4.07. The van der Waals surface area contributed by atoms with Crippen molar-refractivity contribution in [1.29, 1.82) is 0 Å². The number of hydrogen-bond donors (Lipinski definition) is 1. The molecular weight excluding hydrogens is 389 g/mol. The molecule has 1 amide bonds. The van der Waals surface area contributed by atoms with Gasteiger partial charge in [-0.25, -0.2) is 8.70 Å². The fourth-order valence-corrected chi connectivity index (χ4v) is 3.61. The van der Waals surface area contributed by atoms with Gasteiger partial charge in [-0.2, -0.15) is 12.7 Å². The summed E-state index contributed by atoms with van der Waals surface area (Å²) in [4.78, 5) is 12.4. The molecule has 2 aromatic rings. The van der Waals surface area contributed by atoms with E-state index in [1.165, 1.54) is 26.2 Å². The SMILES string of the molecule is CN(C)S(=O)(=O)N(CC(=O)NCc1ccc2c(c1)OCO2)c1ccc(F)cc1. The second kappa shape index (κ2) is 8.03. The Morgan fingerprint density at radius 1 is 1.11 bits per heavy atom. The minimum Gasteiger partial charge on any atom is -0.454 e. The average Bonchev–Trinajstić information content (AvgIpc) is 3.13. The Morgan fingerprint density at radius 3 is 2.46 bits per heavy atom. The predicted octanol–water partition coefficient (Wildman–Crippen LogP) is 1.48. The van der Waals surface area contributed by atoms with Crippen molar-refractivity contribution in [3.63, 3.8) is 0 Å². The fourth-order valence-electron chi connectivity index (χ4n) is 2.55. The number of halogens is 1. The van der Waals surface area contributed by atoms with Gasteiger partial charge in [0.05, 0.1) is 5.69 Å². The lowest BCUT2D eigenvalue weighted by molar-refractivity contribution is -0.119. The molecule has 0 radical (unpaired) electrons. The average molecular weight is 409 g/mol. The number of amides is 1. The third-order valence-corrected chi connectivity index (χ3v) is 5.89. The molecular formula is C18H20FN3O5S. The van der Waals surface area contributed by atoms with E-state index in [4.69, 9.17) is 9.47 Å². The Bertz CT molecular complexity index is 964. The molecule has 150 valence electrons. The molecule has 0 spiro atoms. The Hall–Kier alpha value is -2.85. The summed E-state index contributed by atoms with van der Waals surface area (Å²) < 4.78 is 50.8. The van der Waals surface area contributed by atoms with Gasteiger partial charge >= 0.3 is 10.2 Å². The minimum absolute atomic E-state index is 0.153. The van der Waals surface area contributed by atoms with Gasteiger partial charge in [0, 0.05) is 20.6 Å². The molecule has 0 fully saturated rings. The van der Waals surface area contributed by atoms with Crippen molar-refractivity contribution in [2.45, 2.75) is 6.54 Å². The monoisotopic (exact) mass is 409 g/mol. The standard InChI is InChI=1S/C18H20FN3O5S/c1-21(2)28(24,25)22(15-6-4-14(19)5-7-15)11-18(23)20-10-13-3-8-16-17(9-13)27-12-26-16/h3-9H,10-12H2,1-2H3,(H,20,23). The zero-order valence-electron chi connectivity index (χ0n) is 15.4. The molecule has 0 atom stereocenters. The summed E-state index contributed by atoms with van der Waals surface area (Å²) in [6.45, 7) is -0.106. The number of rotatable bonds is 7. The summed E-state index contributed by atoms with van der Waals surface area (Å²) in [6, 6.07) is 10.2. The zero-order chi connectivity index (χ0) is 20.3. The van der Waals surface area contributed by atoms with Crippen LogP contribution in [0.25, 0.3) is 0 Å². The summed E-state index contributed by atoms with van der Waals surface area (Å²) in [5.41, 5.74) is 0.967. The molecule has 1 heterocycles. The van der Waals surface area contributed by atoms with Gasteiger partial charge in [-0.1, -0.05) is 6.07 Å². The Kier molecular flexibility index (Phi) is 5.71. The number of anilines is 1. The summed E-state index contributed by atoms with van der Waals surface area (Å²) in [6.07, 6.45) is 0. The molecule has 0 unspecified atom stereocenters. The van der Waals surface area contributed by atoms with Crippen LogP contribution < -0.4 is 19.1 Å². The van der Waals surface area contributed by atoms with E-state index < -0.39 is 28.5 Å². The maximum Gasteiger partial charge on any atom is 0.304 e. The quantitative estimate of drug-likeness (QED) is 0.749. The summed E-state index contributed by atoms with van der Waals surface area (Å²) in [5.74, 6) is 0.218. The van der Waals surface area contributed by atoms with Crippen molar-refractivity contribution in [1.82, 2.24) is 9.62 Å². The van der Waals surface area contributed by atoms with Crippen LogP contribution in [0, 0.1) is 5.82 Å². The number of carbonyl (C=O) groups excluding carboxylic acids is 1. The van der Waals surface area contributed by atoms with Crippen molar-refractivity contribution in [2.75, 3.05) is 31.7 Å². The van der Waals surface area contributed by atoms with Crippen LogP contribution in [-0.4, -0.2) is 46.1 Å². The summed E-state index contributed by atoms with van der Waals surface area (Å²) in [7, 11) is -1.23. The van der Waals surface area contributed by atoms with Gasteiger partial charge in [-0.3, -0.25) is 4.79 Å². The number of ether oxygens (including phenoxy) is 2. The highest BCUT2D eigenvalue weighted by atomic mass is 32.2. The van der Waals surface area contributed by atoms with Gasteiger partial charge in [-0.05, 0) is 42.0 Å². The molecule has 0 saturated carbocycles. The number of carbonyl (C=O) groups is 1. The molecule has 10 heteroatoms. The van der Waals surface area contributed by atoms with Crippen LogP contribution in [0.15, 0.2) is 42.5 Å². The van der Waals surface area contributed by atoms with E-state index in [9.17, 15) is 17.6 Å². The van der Waals surface area contributed by atoms with E-state index in [-0.39, 0.29) is 19.0 Å². The van der Waals surface area contributed by atoms with E-state index in [0.717, 1.165) is 26.3 Å². The highest BCUT2D eigenvalue weighted by Crippen LogP contribution is 2.32. The Balaban J connectivity index is 1.71. The normalized spacial score (nSPS) is 12.9. The van der Waals surface area contributed by atoms with Crippen LogP contribution in [0.2, 0.25) is 0 Å². The van der Waals surface area contributed by atoms with Gasteiger partial charge in [0.15, 0.2) is 11.5 Å². The first-order valence-electron chi connectivity index (χ1n) is 8.38. The van der Waals surface area contributed by atoms with Crippen molar-refractivity contribution >= 4 is 21.8 Å². The fraction of sp³-hybridized carbons (Fsp3) is 0.278. The summed E-state index contributed by atoms with van der Waals surface area (Å²) >= 11 is 0. The van der Waals surface area contributed by atoms with E-state index >= 15 is 0 Å². The Labute approximate surface area is 162 Å². The first-order valence-corrected chi connectivity index (χ1v) is 9.78. The lowest BCUT2D eigenvalue weighted by Gasteiger charge is -2.26. The molecule has 3 rings (SSSR count). The van der Waals surface area contributed by atoms with Crippen molar-refractivity contribution < 1.29 is 27.1 Å². The first kappa shape index (κ1) is 19.9. The smallest absolute Gasteiger partial charge is 0.304 e. The largest absolute Gasteiger partial charge is 0.454 e. The number of fused-ring (bicyclic) bond motifs is 1. The van der Waals surface area contributed by atoms with Gasteiger partial charge in [0.25, 0.3) is 0 Å². The van der Waals surface area contributed by atoms with Crippen LogP contribution in [0.5, 0.6) is 11.5 Å². The third kappa shape index (κ3) is 4.34. The van der Waals surface area contributed by atoms with Gasteiger partial charge in [0.2, 0.25) is 12.7 Å². The number of nitrogens with one attached hydrogen (secondary N) is 1. The zero-order valence-corrected chi connectivity index (χ0v) is 16.2. The Morgan fingerprint density at radius 2 is 1.79 bits per heavy atom. The second-order valence-corrected chi connectivity index (χ2v) is 8.30. The number of benzene rings is 2. The number of hydrogen-bond acceptors (Lipinski definition) is 5. The van der Waals surface area contributed by atoms with Gasteiger partial charge < -0.3 is 14.8 Å². The maximum absolute atomic E-state index is 13.2. The van der Waals surface area contributed by atoms with E-state index in [2.05, 4.69) is 5.32 Å². The summed E-state index contributed by atoms with van der Waals surface area (Å²) in [5, 5.41) is 2.68. The van der Waals surface area contributed by atoms with Crippen LogP contribution in [0.1, 0.15) is 5.56 Å². The molecule has 1 aliphatic heterocycles. The molecule has 0 aliphatic carbocycles. The predicted molar refractivity (Wildman–Crippen MR) is 101 cm³/mol. The molecule has 0 saturated heterocycles. The minimum atomic E-state index is -3.94. The molecule has 0 bridgehead atoms. The van der Waals surface area contributed by atoms with Crippen molar-refractivity contribution in [3.05, 3.63) is 53.8 Å². The lowest BCUT2D eigenvalue weighted by atomic mass is 10.2. The highest BCUT2D eigenvalue weighted by Gasteiger charge is 2.27. The molecule has 2 aromatic carbocycles.